The number of benzene rings is 4. The molecule has 0 spiro atoms. The minimum absolute atomic E-state index is 0.0717. The van der Waals surface area contributed by atoms with Crippen molar-refractivity contribution in [3.8, 4) is 22.7 Å². The highest BCUT2D eigenvalue weighted by Crippen LogP contribution is 2.30. The fraction of sp³-hybridized carbons (Fsp3) is 0.0333. The van der Waals surface area contributed by atoms with Gasteiger partial charge in [-0.25, -0.2) is 17.9 Å². The van der Waals surface area contributed by atoms with Gasteiger partial charge < -0.3 is 9.84 Å². The summed E-state index contributed by atoms with van der Waals surface area (Å²) < 4.78 is 35.1. The van der Waals surface area contributed by atoms with Crippen LogP contribution in [0.25, 0.3) is 16.9 Å². The number of carboxylic acids is 1. The molecule has 0 radical (unpaired) electrons. The van der Waals surface area contributed by atoms with Crippen LogP contribution in [0.15, 0.2) is 113 Å². The number of methoxy groups -OCH3 is 1. The van der Waals surface area contributed by atoms with Crippen molar-refractivity contribution in [3.05, 3.63) is 124 Å². The number of ether oxygens (including phenoxy) is 1. The van der Waals surface area contributed by atoms with Gasteiger partial charge in [-0.2, -0.15) is 10.2 Å². The van der Waals surface area contributed by atoms with Crippen molar-refractivity contribution in [2.24, 2.45) is 5.10 Å². The summed E-state index contributed by atoms with van der Waals surface area (Å²) in [7, 11) is -2.81. The Morgan fingerprint density at radius 2 is 1.70 bits per heavy atom. The number of aromatic carboxylic acids is 1. The van der Waals surface area contributed by atoms with Crippen molar-refractivity contribution in [3.63, 3.8) is 0 Å². The topological polar surface area (TPSA) is 178 Å². The Hall–Kier alpha value is -6.02. The van der Waals surface area contributed by atoms with E-state index in [1.54, 1.807) is 30.1 Å². The molecule has 0 aliphatic rings. The van der Waals surface area contributed by atoms with E-state index in [1.165, 1.54) is 36.5 Å². The smallest absolute Gasteiger partial charge is 0.337 e. The highest BCUT2D eigenvalue weighted by atomic mass is 32.2. The van der Waals surface area contributed by atoms with Crippen molar-refractivity contribution < 1.29 is 28.0 Å². The lowest BCUT2D eigenvalue weighted by molar-refractivity contribution is -0.384. The molecule has 0 saturated carbocycles. The number of rotatable bonds is 11. The summed E-state index contributed by atoms with van der Waals surface area (Å²) in [6.07, 6.45) is 3.20. The molecule has 13 nitrogen and oxygen atoms in total. The zero-order valence-corrected chi connectivity index (χ0v) is 23.8. The second-order valence-electron chi connectivity index (χ2n) is 9.20. The zero-order valence-electron chi connectivity index (χ0n) is 23.0. The van der Waals surface area contributed by atoms with Gasteiger partial charge in [-0.3, -0.25) is 20.3 Å². The molecule has 14 heteroatoms. The van der Waals surface area contributed by atoms with Crippen LogP contribution in [0.1, 0.15) is 15.9 Å². The number of nitrogens with one attached hydrogen (secondary N) is 2. The molecule has 0 aliphatic heterocycles. The van der Waals surface area contributed by atoms with Crippen LogP contribution in [0, 0.1) is 10.1 Å². The van der Waals surface area contributed by atoms with Gasteiger partial charge in [0.05, 0.1) is 40.1 Å². The summed E-state index contributed by atoms with van der Waals surface area (Å²) in [5.74, 6) is -0.664. The van der Waals surface area contributed by atoms with Gasteiger partial charge in [0.15, 0.2) is 0 Å². The van der Waals surface area contributed by atoms with Crippen LogP contribution >= 0.6 is 0 Å². The number of nitro groups is 1. The molecule has 4 aromatic carbocycles. The normalized spacial score (nSPS) is 11.3. The van der Waals surface area contributed by atoms with Gasteiger partial charge in [-0.15, -0.1) is 0 Å². The maximum Gasteiger partial charge on any atom is 0.337 e. The number of anilines is 2. The standard InChI is InChI=1S/C30H24N6O7S/c1-43-23-13-11-20(12-14-23)29-21(19-35(33-29)22-7-3-2-4-8-22)18-31-32-27-16-15-24(17-28(27)36(39)40)44(41,42)34-26-10-6-5-9-25(26)30(37)38/h2-19,32,34H,1H3,(H,37,38)/b31-18+. The van der Waals surface area contributed by atoms with E-state index in [0.717, 1.165) is 23.4 Å². The molecular formula is C30H24N6O7S. The lowest BCUT2D eigenvalue weighted by atomic mass is 10.1. The lowest BCUT2D eigenvalue weighted by Gasteiger charge is -2.11. The minimum atomic E-state index is -4.37. The summed E-state index contributed by atoms with van der Waals surface area (Å²) >= 11 is 0. The van der Waals surface area contributed by atoms with Crippen LogP contribution in [-0.4, -0.2) is 47.5 Å². The van der Waals surface area contributed by atoms with Gasteiger partial charge in [-0.05, 0) is 60.7 Å². The predicted octanol–water partition coefficient (Wildman–Crippen LogP) is 5.40. The Balaban J connectivity index is 1.44. The monoisotopic (exact) mass is 612 g/mol. The van der Waals surface area contributed by atoms with E-state index < -0.39 is 31.5 Å². The second kappa shape index (κ2) is 12.5. The van der Waals surface area contributed by atoms with Crippen LogP contribution in [0.5, 0.6) is 5.75 Å². The van der Waals surface area contributed by atoms with Crippen molar-refractivity contribution in [1.29, 1.82) is 0 Å². The number of nitro benzene ring substituents is 1. The van der Waals surface area contributed by atoms with Crippen LogP contribution < -0.4 is 14.9 Å². The molecule has 0 amide bonds. The molecule has 5 aromatic rings. The van der Waals surface area contributed by atoms with E-state index in [4.69, 9.17) is 9.84 Å². The summed E-state index contributed by atoms with van der Waals surface area (Å²) in [5, 5.41) is 30.1. The van der Waals surface area contributed by atoms with Crippen LogP contribution in [0.4, 0.5) is 17.1 Å². The maximum atomic E-state index is 13.0. The quantitative estimate of drug-likeness (QED) is 0.100. The third kappa shape index (κ3) is 6.39. The molecular weight excluding hydrogens is 588 g/mol. The third-order valence-corrected chi connectivity index (χ3v) is 7.76. The summed E-state index contributed by atoms with van der Waals surface area (Å²) in [5.41, 5.74) is 4.29. The van der Waals surface area contributed by atoms with Crippen LogP contribution in [0.3, 0.4) is 0 Å². The molecule has 3 N–H and O–H groups in total. The van der Waals surface area contributed by atoms with Gasteiger partial charge in [0, 0.05) is 23.4 Å². The summed E-state index contributed by atoms with van der Waals surface area (Å²) in [6, 6.07) is 25.3. The fourth-order valence-corrected chi connectivity index (χ4v) is 5.33. The van der Waals surface area contributed by atoms with E-state index in [9.17, 15) is 28.4 Å². The first-order valence-electron chi connectivity index (χ1n) is 12.9. The first kappa shape index (κ1) is 29.5. The first-order valence-corrected chi connectivity index (χ1v) is 14.4. The SMILES string of the molecule is COc1ccc(-c2nn(-c3ccccc3)cc2/C=N/Nc2ccc(S(=O)(=O)Nc3ccccc3C(=O)O)cc2[N+](=O)[O-])cc1. The molecule has 1 heterocycles. The first-order chi connectivity index (χ1) is 21.2. The Kier molecular flexibility index (Phi) is 8.35. The molecule has 222 valence electrons. The van der Waals surface area contributed by atoms with Crippen molar-refractivity contribution >= 4 is 39.3 Å². The lowest BCUT2D eigenvalue weighted by Crippen LogP contribution is -2.16. The Bertz CT molecular complexity index is 1980. The van der Waals surface area contributed by atoms with Gasteiger partial charge in [0.25, 0.3) is 15.7 Å². The van der Waals surface area contributed by atoms with Crippen molar-refractivity contribution in [1.82, 2.24) is 9.78 Å². The highest BCUT2D eigenvalue weighted by molar-refractivity contribution is 7.92. The van der Waals surface area contributed by atoms with Gasteiger partial charge in [0.2, 0.25) is 0 Å². The fourth-order valence-electron chi connectivity index (χ4n) is 4.23. The molecule has 0 unspecified atom stereocenters. The molecule has 0 fully saturated rings. The summed E-state index contributed by atoms with van der Waals surface area (Å²) in [4.78, 5) is 22.2. The minimum Gasteiger partial charge on any atom is -0.497 e. The maximum absolute atomic E-state index is 13.0. The molecule has 5 rings (SSSR count). The van der Waals surface area contributed by atoms with E-state index in [0.29, 0.717) is 17.0 Å². The highest BCUT2D eigenvalue weighted by Gasteiger charge is 2.23. The van der Waals surface area contributed by atoms with E-state index >= 15 is 0 Å². The van der Waals surface area contributed by atoms with Crippen LogP contribution in [0.2, 0.25) is 0 Å². The Morgan fingerprint density at radius 1 is 1.00 bits per heavy atom. The largest absolute Gasteiger partial charge is 0.497 e. The number of carboxylic acid groups (broad SMARTS) is 1. The number of para-hydroxylation sites is 2. The third-order valence-electron chi connectivity index (χ3n) is 6.39. The average Bonchev–Trinajstić information content (AvgIpc) is 3.45. The van der Waals surface area contributed by atoms with E-state index in [1.807, 2.05) is 42.5 Å². The van der Waals surface area contributed by atoms with Gasteiger partial charge >= 0.3 is 5.97 Å². The number of hydrogen-bond acceptors (Lipinski definition) is 9. The molecule has 0 bridgehead atoms. The number of nitrogens with zero attached hydrogens (tertiary/aromatic N) is 4. The summed E-state index contributed by atoms with van der Waals surface area (Å²) in [6.45, 7) is 0. The number of hydrogen-bond donors (Lipinski definition) is 3. The van der Waals surface area contributed by atoms with E-state index in [-0.39, 0.29) is 16.9 Å². The van der Waals surface area contributed by atoms with Crippen molar-refractivity contribution in [2.45, 2.75) is 4.90 Å². The number of sulfonamides is 1. The number of aromatic nitrogens is 2. The second-order valence-corrected chi connectivity index (χ2v) is 10.9. The van der Waals surface area contributed by atoms with E-state index in [2.05, 4.69) is 15.2 Å². The number of hydrazone groups is 1. The van der Waals surface area contributed by atoms with Gasteiger partial charge in [-0.1, -0.05) is 30.3 Å². The average molecular weight is 613 g/mol. The molecule has 0 atom stereocenters. The zero-order chi connectivity index (χ0) is 31.3. The predicted molar refractivity (Wildman–Crippen MR) is 164 cm³/mol. The van der Waals surface area contributed by atoms with Crippen molar-refractivity contribution in [2.75, 3.05) is 17.3 Å². The molecule has 44 heavy (non-hydrogen) atoms. The Labute approximate surface area is 251 Å². The number of carbonyl (C=O) groups is 1. The van der Waals surface area contributed by atoms with Crippen LogP contribution in [-0.2, 0) is 10.0 Å². The Morgan fingerprint density at radius 3 is 2.39 bits per heavy atom. The molecule has 0 aliphatic carbocycles. The molecule has 1 aromatic heterocycles. The molecule has 0 saturated heterocycles. The van der Waals surface area contributed by atoms with Gasteiger partial charge in [0.1, 0.15) is 17.1 Å².